The summed E-state index contributed by atoms with van der Waals surface area (Å²) < 4.78 is 27.8. The fourth-order valence-electron chi connectivity index (χ4n) is 1.81. The molecule has 2 rings (SSSR count). The van der Waals surface area contributed by atoms with Gasteiger partial charge in [0.2, 0.25) is 10.0 Å². The zero-order chi connectivity index (χ0) is 16.3. The van der Waals surface area contributed by atoms with Crippen molar-refractivity contribution < 1.29 is 17.9 Å². The normalized spacial score (nSPS) is 11.0. The summed E-state index contributed by atoms with van der Waals surface area (Å²) >= 11 is 5.83. The minimum atomic E-state index is -3.90. The SMILES string of the molecule is COc1cc(NC(=O)c2cccc(Cl)c2)ccc1S(N)(=O)=O. The number of hydrogen-bond acceptors (Lipinski definition) is 4. The molecule has 0 saturated heterocycles. The van der Waals surface area contributed by atoms with E-state index in [0.29, 0.717) is 16.3 Å². The average molecular weight is 341 g/mol. The smallest absolute Gasteiger partial charge is 0.255 e. The number of carbonyl (C=O) groups is 1. The predicted molar refractivity (Wildman–Crippen MR) is 83.8 cm³/mol. The number of benzene rings is 2. The first-order valence-corrected chi connectivity index (χ1v) is 8.01. The molecule has 0 bridgehead atoms. The quantitative estimate of drug-likeness (QED) is 0.891. The molecule has 0 aliphatic carbocycles. The van der Waals surface area contributed by atoms with E-state index in [0.717, 1.165) is 0 Å². The molecular formula is C14H13ClN2O4S. The van der Waals surface area contributed by atoms with Crippen molar-refractivity contribution in [3.8, 4) is 5.75 Å². The highest BCUT2D eigenvalue weighted by atomic mass is 35.5. The summed E-state index contributed by atoms with van der Waals surface area (Å²) in [5, 5.41) is 8.15. The van der Waals surface area contributed by atoms with E-state index in [-0.39, 0.29) is 16.6 Å². The molecule has 2 aromatic rings. The molecule has 6 nitrogen and oxygen atoms in total. The first-order valence-electron chi connectivity index (χ1n) is 6.09. The molecule has 0 aliphatic heterocycles. The van der Waals surface area contributed by atoms with Gasteiger partial charge in [0.05, 0.1) is 7.11 Å². The summed E-state index contributed by atoms with van der Waals surface area (Å²) in [5.74, 6) is -0.334. The predicted octanol–water partition coefficient (Wildman–Crippen LogP) is 2.25. The van der Waals surface area contributed by atoms with Crippen LogP contribution in [0.25, 0.3) is 0 Å². The molecule has 0 unspecified atom stereocenters. The van der Waals surface area contributed by atoms with Gasteiger partial charge < -0.3 is 10.1 Å². The van der Waals surface area contributed by atoms with Crippen LogP contribution in [0.2, 0.25) is 5.02 Å². The summed E-state index contributed by atoms with van der Waals surface area (Å²) in [6, 6.07) is 10.5. The van der Waals surface area contributed by atoms with Gasteiger partial charge in [-0.3, -0.25) is 4.79 Å². The molecule has 0 spiro atoms. The van der Waals surface area contributed by atoms with Gasteiger partial charge in [-0.05, 0) is 30.3 Å². The molecule has 0 radical (unpaired) electrons. The Morgan fingerprint density at radius 1 is 1.23 bits per heavy atom. The molecule has 0 heterocycles. The molecule has 0 atom stereocenters. The molecule has 22 heavy (non-hydrogen) atoms. The zero-order valence-electron chi connectivity index (χ0n) is 11.5. The molecule has 0 saturated carbocycles. The van der Waals surface area contributed by atoms with Crippen molar-refractivity contribution in [1.29, 1.82) is 0 Å². The Kier molecular flexibility index (Phi) is 4.70. The van der Waals surface area contributed by atoms with Gasteiger partial charge in [0.1, 0.15) is 10.6 Å². The highest BCUT2D eigenvalue weighted by Crippen LogP contribution is 2.26. The summed E-state index contributed by atoms with van der Waals surface area (Å²) in [7, 11) is -2.59. The van der Waals surface area contributed by atoms with Gasteiger partial charge in [0.25, 0.3) is 5.91 Å². The van der Waals surface area contributed by atoms with Gasteiger partial charge in [-0.2, -0.15) is 0 Å². The lowest BCUT2D eigenvalue weighted by molar-refractivity contribution is 0.102. The maximum atomic E-state index is 12.1. The Balaban J connectivity index is 2.29. The van der Waals surface area contributed by atoms with Crippen LogP contribution in [0.3, 0.4) is 0 Å². The molecule has 3 N–H and O–H groups in total. The molecule has 1 amide bonds. The molecule has 2 aromatic carbocycles. The largest absolute Gasteiger partial charge is 0.495 e. The van der Waals surface area contributed by atoms with Crippen LogP contribution in [0.4, 0.5) is 5.69 Å². The summed E-state index contributed by atoms with van der Waals surface area (Å²) in [6.45, 7) is 0. The zero-order valence-corrected chi connectivity index (χ0v) is 13.1. The Bertz CT molecular complexity index is 821. The van der Waals surface area contributed by atoms with Crippen molar-refractivity contribution in [2.45, 2.75) is 4.90 Å². The van der Waals surface area contributed by atoms with E-state index in [1.165, 1.54) is 31.4 Å². The maximum Gasteiger partial charge on any atom is 0.255 e. The van der Waals surface area contributed by atoms with E-state index in [4.69, 9.17) is 21.5 Å². The van der Waals surface area contributed by atoms with Crippen LogP contribution in [-0.2, 0) is 10.0 Å². The lowest BCUT2D eigenvalue weighted by Gasteiger charge is -2.10. The van der Waals surface area contributed by atoms with Crippen molar-refractivity contribution >= 4 is 33.2 Å². The Hall–Kier alpha value is -2.09. The first-order chi connectivity index (χ1) is 10.3. The standard InChI is InChI=1S/C14H13ClN2O4S/c1-21-12-8-11(5-6-13(12)22(16,19)20)17-14(18)9-3-2-4-10(15)7-9/h2-8H,1H3,(H,17,18)(H2,16,19,20). The fourth-order valence-corrected chi connectivity index (χ4v) is 2.68. The van der Waals surface area contributed by atoms with E-state index in [9.17, 15) is 13.2 Å². The van der Waals surface area contributed by atoms with Gasteiger partial charge in [0.15, 0.2) is 0 Å². The number of hydrogen-bond donors (Lipinski definition) is 2. The van der Waals surface area contributed by atoms with E-state index >= 15 is 0 Å². The summed E-state index contributed by atoms with van der Waals surface area (Å²) in [4.78, 5) is 11.9. The second-order valence-corrected chi connectivity index (χ2v) is 6.34. The van der Waals surface area contributed by atoms with Crippen LogP contribution in [-0.4, -0.2) is 21.4 Å². The highest BCUT2D eigenvalue weighted by Gasteiger charge is 2.16. The van der Waals surface area contributed by atoms with Crippen molar-refractivity contribution in [1.82, 2.24) is 0 Å². The van der Waals surface area contributed by atoms with E-state index in [1.54, 1.807) is 18.2 Å². The van der Waals surface area contributed by atoms with E-state index in [1.807, 2.05) is 0 Å². The third-order valence-corrected chi connectivity index (χ3v) is 4.00. The van der Waals surface area contributed by atoms with Gasteiger partial charge >= 0.3 is 0 Å². The fraction of sp³-hybridized carbons (Fsp3) is 0.0714. The Labute approximate surface area is 132 Å². The second-order valence-electron chi connectivity index (χ2n) is 4.38. The van der Waals surface area contributed by atoms with Crippen molar-refractivity contribution in [3.05, 3.63) is 53.1 Å². The Morgan fingerprint density at radius 3 is 2.55 bits per heavy atom. The van der Waals surface area contributed by atoms with Crippen LogP contribution in [0.1, 0.15) is 10.4 Å². The number of ether oxygens (including phenoxy) is 1. The number of nitrogens with two attached hydrogens (primary N) is 1. The monoisotopic (exact) mass is 340 g/mol. The number of primary sulfonamides is 1. The number of carbonyl (C=O) groups excluding carboxylic acids is 1. The van der Waals surface area contributed by atoms with Crippen LogP contribution < -0.4 is 15.2 Å². The topological polar surface area (TPSA) is 98.5 Å². The minimum Gasteiger partial charge on any atom is -0.495 e. The summed E-state index contributed by atoms with van der Waals surface area (Å²) in [5.41, 5.74) is 0.746. The van der Waals surface area contributed by atoms with Crippen LogP contribution in [0, 0.1) is 0 Å². The maximum absolute atomic E-state index is 12.1. The van der Waals surface area contributed by atoms with Gasteiger partial charge in [-0.1, -0.05) is 17.7 Å². The molecule has 0 aromatic heterocycles. The molecule has 0 aliphatic rings. The number of anilines is 1. The Morgan fingerprint density at radius 2 is 1.95 bits per heavy atom. The average Bonchev–Trinajstić information content (AvgIpc) is 2.46. The second kappa shape index (κ2) is 6.35. The van der Waals surface area contributed by atoms with Crippen LogP contribution in [0.5, 0.6) is 5.75 Å². The molecular weight excluding hydrogens is 328 g/mol. The van der Waals surface area contributed by atoms with Crippen molar-refractivity contribution in [3.63, 3.8) is 0 Å². The van der Waals surface area contributed by atoms with Gasteiger partial charge in [-0.25, -0.2) is 13.6 Å². The third-order valence-electron chi connectivity index (χ3n) is 2.81. The van der Waals surface area contributed by atoms with Crippen LogP contribution >= 0.6 is 11.6 Å². The van der Waals surface area contributed by atoms with Crippen molar-refractivity contribution in [2.24, 2.45) is 5.14 Å². The first kappa shape index (κ1) is 16.3. The number of rotatable bonds is 4. The third kappa shape index (κ3) is 3.76. The molecule has 0 fully saturated rings. The van der Waals surface area contributed by atoms with Gasteiger partial charge in [0, 0.05) is 22.3 Å². The molecule has 8 heteroatoms. The summed E-state index contributed by atoms with van der Waals surface area (Å²) in [6.07, 6.45) is 0. The molecule has 116 valence electrons. The van der Waals surface area contributed by atoms with E-state index < -0.39 is 10.0 Å². The lowest BCUT2D eigenvalue weighted by atomic mass is 10.2. The number of sulfonamides is 1. The van der Waals surface area contributed by atoms with Crippen LogP contribution in [0.15, 0.2) is 47.4 Å². The van der Waals surface area contributed by atoms with E-state index in [2.05, 4.69) is 5.32 Å². The number of nitrogens with one attached hydrogen (secondary N) is 1. The number of amides is 1. The number of methoxy groups -OCH3 is 1. The van der Waals surface area contributed by atoms with Crippen molar-refractivity contribution in [2.75, 3.05) is 12.4 Å². The van der Waals surface area contributed by atoms with Gasteiger partial charge in [-0.15, -0.1) is 0 Å². The lowest BCUT2D eigenvalue weighted by Crippen LogP contribution is -2.15. The highest BCUT2D eigenvalue weighted by molar-refractivity contribution is 7.89. The number of halogens is 1. The minimum absolute atomic E-state index is 0.0476.